The normalized spacial score (nSPS) is 12.1. The highest BCUT2D eigenvalue weighted by Crippen LogP contribution is 2.43. The van der Waals surface area contributed by atoms with Crippen LogP contribution in [-0.4, -0.2) is 44.9 Å². The van der Waals surface area contributed by atoms with Gasteiger partial charge in [-0.05, 0) is 43.3 Å². The molecule has 0 spiro atoms. The molecule has 8 nitrogen and oxygen atoms in total. The summed E-state index contributed by atoms with van der Waals surface area (Å²) >= 11 is 6.25. The van der Waals surface area contributed by atoms with E-state index < -0.39 is 35.5 Å². The van der Waals surface area contributed by atoms with Crippen LogP contribution < -0.4 is 19.1 Å². The van der Waals surface area contributed by atoms with Gasteiger partial charge in [0, 0.05) is 39.9 Å². The van der Waals surface area contributed by atoms with E-state index in [0.29, 0.717) is 17.1 Å². The summed E-state index contributed by atoms with van der Waals surface area (Å²) in [6.07, 6.45) is -4.53. The van der Waals surface area contributed by atoms with Gasteiger partial charge in [-0.2, -0.15) is 13.2 Å². The lowest BCUT2D eigenvalue weighted by Gasteiger charge is -2.28. The zero-order valence-corrected chi connectivity index (χ0v) is 24.0. The van der Waals surface area contributed by atoms with Crippen LogP contribution in [0.2, 0.25) is 5.02 Å². The molecule has 0 saturated heterocycles. The van der Waals surface area contributed by atoms with Crippen LogP contribution in [0.4, 0.5) is 18.9 Å². The van der Waals surface area contributed by atoms with Crippen LogP contribution in [0.3, 0.4) is 0 Å². The molecule has 3 aromatic rings. The molecule has 0 bridgehead atoms. The van der Waals surface area contributed by atoms with Crippen molar-refractivity contribution in [3.05, 3.63) is 94.0 Å². The number of hydrogen-bond acceptors (Lipinski definition) is 7. The van der Waals surface area contributed by atoms with E-state index in [-0.39, 0.29) is 35.0 Å². The number of carbonyl (C=O) groups excluding carboxylic acids is 2. The van der Waals surface area contributed by atoms with Crippen molar-refractivity contribution in [3.8, 4) is 17.2 Å². The lowest BCUT2D eigenvalue weighted by Crippen LogP contribution is -2.30. The molecule has 0 aromatic heterocycles. The Balaban J connectivity index is 2.20. The molecule has 0 radical (unpaired) electrons. The molecular formula is C30H29ClF3NO7. The van der Waals surface area contributed by atoms with Crippen molar-refractivity contribution in [3.63, 3.8) is 0 Å². The van der Waals surface area contributed by atoms with E-state index in [0.717, 1.165) is 31.4 Å². The molecule has 1 unspecified atom stereocenters. The summed E-state index contributed by atoms with van der Waals surface area (Å²) in [5, 5.41) is 11.6. The first-order valence-corrected chi connectivity index (χ1v) is 12.9. The number of methoxy groups -OCH3 is 3. The molecule has 0 aliphatic rings. The number of anilines is 1. The molecule has 12 heteroatoms. The lowest BCUT2D eigenvalue weighted by atomic mass is 9.96. The first-order valence-electron chi connectivity index (χ1n) is 12.5. The Bertz CT molecular complexity index is 1460. The number of para-hydroxylation sites is 1. The van der Waals surface area contributed by atoms with Gasteiger partial charge in [0.2, 0.25) is 0 Å². The second-order valence-electron chi connectivity index (χ2n) is 8.72. The van der Waals surface area contributed by atoms with Crippen molar-refractivity contribution >= 4 is 29.2 Å². The van der Waals surface area contributed by atoms with Gasteiger partial charge in [0.05, 0.1) is 45.7 Å². The van der Waals surface area contributed by atoms with Crippen LogP contribution in [0.15, 0.2) is 66.7 Å². The molecule has 1 amide bonds. The number of halogens is 4. The number of hydrogen-bond donors (Lipinski definition) is 1. The molecule has 0 saturated carbocycles. The monoisotopic (exact) mass is 607 g/mol. The summed E-state index contributed by atoms with van der Waals surface area (Å²) in [6, 6.07) is 12.4. The Morgan fingerprint density at radius 2 is 1.71 bits per heavy atom. The van der Waals surface area contributed by atoms with Gasteiger partial charge in [-0.3, -0.25) is 4.79 Å². The highest BCUT2D eigenvalue weighted by Gasteiger charge is 2.36. The fourth-order valence-electron chi connectivity index (χ4n) is 4.23. The Hall–Kier alpha value is -4.22. The lowest BCUT2D eigenvalue weighted by molar-refractivity contribution is -0.139. The van der Waals surface area contributed by atoms with Gasteiger partial charge in [-0.25, -0.2) is 4.79 Å². The molecule has 3 rings (SSSR count). The molecule has 3 aromatic carbocycles. The van der Waals surface area contributed by atoms with Crippen molar-refractivity contribution in [2.45, 2.75) is 25.7 Å². The Labute approximate surface area is 245 Å². The summed E-state index contributed by atoms with van der Waals surface area (Å²) in [5.41, 5.74) is -0.665. The average molecular weight is 608 g/mol. The van der Waals surface area contributed by atoms with Crippen LogP contribution in [0, 0.1) is 0 Å². The van der Waals surface area contributed by atoms with E-state index in [1.54, 1.807) is 25.1 Å². The fourth-order valence-corrected chi connectivity index (χ4v) is 4.41. The molecule has 0 aliphatic carbocycles. The number of aliphatic hydroxyl groups is 1. The minimum absolute atomic E-state index is 0.00508. The van der Waals surface area contributed by atoms with E-state index in [1.165, 1.54) is 43.4 Å². The van der Waals surface area contributed by atoms with Gasteiger partial charge in [-0.1, -0.05) is 23.7 Å². The molecule has 1 N–H and O–H groups in total. The number of nitrogens with zero attached hydrogens (tertiary/aromatic N) is 1. The molecular weight excluding hydrogens is 579 g/mol. The van der Waals surface area contributed by atoms with Crippen molar-refractivity contribution in [2.24, 2.45) is 0 Å². The first-order chi connectivity index (χ1) is 19.9. The van der Waals surface area contributed by atoms with Crippen LogP contribution in [-0.2, 0) is 27.0 Å². The van der Waals surface area contributed by atoms with Crippen LogP contribution in [0.25, 0.3) is 0 Å². The Morgan fingerprint density at radius 1 is 0.976 bits per heavy atom. The third-order valence-corrected chi connectivity index (χ3v) is 6.40. The summed E-state index contributed by atoms with van der Waals surface area (Å²) in [6.45, 7) is 1.57. The SMILES string of the molecule is CCOC(=O)/C=C/C(=O)N(Cc1ccc(OC)cc1OC)c1ccc(Cl)cc1C(O)c1cccc(C(F)(F)F)c1OC. The number of aliphatic hydroxyl groups excluding tert-OH is 1. The minimum atomic E-state index is -4.76. The second-order valence-corrected chi connectivity index (χ2v) is 9.16. The number of esters is 1. The van der Waals surface area contributed by atoms with Gasteiger partial charge in [0.15, 0.2) is 0 Å². The van der Waals surface area contributed by atoms with Gasteiger partial charge < -0.3 is 29.0 Å². The summed E-state index contributed by atoms with van der Waals surface area (Å²) in [7, 11) is 3.97. The number of benzene rings is 3. The first kappa shape index (κ1) is 32.3. The molecule has 0 fully saturated rings. The predicted octanol–water partition coefficient (Wildman–Crippen LogP) is 6.12. The van der Waals surface area contributed by atoms with E-state index in [2.05, 4.69) is 0 Å². The molecule has 224 valence electrons. The van der Waals surface area contributed by atoms with Crippen LogP contribution in [0.5, 0.6) is 17.2 Å². The number of carbonyl (C=O) groups is 2. The Morgan fingerprint density at radius 3 is 2.33 bits per heavy atom. The molecule has 1 atom stereocenters. The topological polar surface area (TPSA) is 94.5 Å². The van der Waals surface area contributed by atoms with E-state index in [4.69, 9.17) is 30.5 Å². The maximum Gasteiger partial charge on any atom is 0.419 e. The smallest absolute Gasteiger partial charge is 0.419 e. The minimum Gasteiger partial charge on any atom is -0.497 e. The molecule has 42 heavy (non-hydrogen) atoms. The third-order valence-electron chi connectivity index (χ3n) is 6.16. The van der Waals surface area contributed by atoms with Crippen molar-refractivity contribution < 1.29 is 46.8 Å². The van der Waals surface area contributed by atoms with Gasteiger partial charge >= 0.3 is 12.1 Å². The summed E-state index contributed by atoms with van der Waals surface area (Å²) < 4.78 is 61.8. The van der Waals surface area contributed by atoms with E-state index in [1.807, 2.05) is 0 Å². The Kier molecular flexibility index (Phi) is 10.8. The summed E-state index contributed by atoms with van der Waals surface area (Å²) in [4.78, 5) is 26.7. The van der Waals surface area contributed by atoms with Gasteiger partial charge in [-0.15, -0.1) is 0 Å². The maximum absolute atomic E-state index is 13.7. The van der Waals surface area contributed by atoms with Crippen molar-refractivity contribution in [1.82, 2.24) is 0 Å². The highest BCUT2D eigenvalue weighted by molar-refractivity contribution is 6.30. The number of amides is 1. The number of ether oxygens (including phenoxy) is 4. The zero-order chi connectivity index (χ0) is 31.0. The van der Waals surface area contributed by atoms with Crippen LogP contribution in [0.1, 0.15) is 35.3 Å². The standard InChI is InChI=1S/C30H29ClF3NO7/c1-5-42-27(37)14-13-26(36)35(17-18-9-11-20(39-2)16-25(18)40-3)24-12-10-19(31)15-22(24)28(38)21-7-6-8-23(29(21)41-4)30(32,33)34/h6-16,28,38H,5,17H2,1-4H3/b14-13+. The predicted molar refractivity (Wildman–Crippen MR) is 150 cm³/mol. The summed E-state index contributed by atoms with van der Waals surface area (Å²) in [5.74, 6) is -1.17. The molecule has 0 aliphatic heterocycles. The van der Waals surface area contributed by atoms with Crippen LogP contribution >= 0.6 is 11.6 Å². The molecule has 0 heterocycles. The highest BCUT2D eigenvalue weighted by atomic mass is 35.5. The van der Waals surface area contributed by atoms with Crippen molar-refractivity contribution in [1.29, 1.82) is 0 Å². The van der Waals surface area contributed by atoms with E-state index in [9.17, 15) is 27.9 Å². The third kappa shape index (κ3) is 7.54. The maximum atomic E-state index is 13.7. The number of alkyl halides is 3. The van der Waals surface area contributed by atoms with E-state index >= 15 is 0 Å². The fraction of sp³-hybridized carbons (Fsp3) is 0.267. The second kappa shape index (κ2) is 14.1. The number of rotatable bonds is 11. The van der Waals surface area contributed by atoms with Gasteiger partial charge in [0.25, 0.3) is 5.91 Å². The zero-order valence-electron chi connectivity index (χ0n) is 23.2. The van der Waals surface area contributed by atoms with Crippen molar-refractivity contribution in [2.75, 3.05) is 32.8 Å². The average Bonchev–Trinajstić information content (AvgIpc) is 2.97. The largest absolute Gasteiger partial charge is 0.497 e. The quantitative estimate of drug-likeness (QED) is 0.207. The van der Waals surface area contributed by atoms with Gasteiger partial charge in [0.1, 0.15) is 23.4 Å².